The smallest absolute Gasteiger partial charge is 0.357 e. The normalized spacial score (nSPS) is 17.8. The standard InChI is InChI=1S/C19H25F3N6.HI/c1-2-23-18(26-16-8-9-27(13-16)14-19(20,21)22)24-10-15-11-25-28(12-15)17-6-4-3-5-7-17;/h3-7,11-12,16H,2,8-10,13-14H2,1H3,(H2,23,24,26);1H. The number of rotatable bonds is 6. The number of aliphatic imine (C=N–C) groups is 1. The van der Waals surface area contributed by atoms with Gasteiger partial charge in [0.2, 0.25) is 0 Å². The van der Waals surface area contributed by atoms with E-state index < -0.39 is 12.7 Å². The Morgan fingerprint density at radius 1 is 1.28 bits per heavy atom. The SMILES string of the molecule is CCNC(=NCc1cnn(-c2ccccc2)c1)NC1CCN(CC(F)(F)F)C1.I. The van der Waals surface area contributed by atoms with E-state index in [4.69, 9.17) is 0 Å². The molecule has 10 heteroatoms. The fourth-order valence-corrected chi connectivity index (χ4v) is 3.20. The van der Waals surface area contributed by atoms with Gasteiger partial charge < -0.3 is 10.6 Å². The van der Waals surface area contributed by atoms with Gasteiger partial charge in [0.25, 0.3) is 0 Å². The molecule has 1 atom stereocenters. The average molecular weight is 522 g/mol. The Bertz CT molecular complexity index is 778. The lowest BCUT2D eigenvalue weighted by Crippen LogP contribution is -2.45. The maximum Gasteiger partial charge on any atom is 0.401 e. The van der Waals surface area contributed by atoms with E-state index in [0.29, 0.717) is 38.6 Å². The molecule has 29 heavy (non-hydrogen) atoms. The highest BCUT2D eigenvalue weighted by Crippen LogP contribution is 2.20. The van der Waals surface area contributed by atoms with Crippen molar-refractivity contribution in [1.29, 1.82) is 0 Å². The summed E-state index contributed by atoms with van der Waals surface area (Å²) >= 11 is 0. The highest BCUT2D eigenvalue weighted by molar-refractivity contribution is 14.0. The number of likely N-dealkylation sites (tertiary alicyclic amines) is 1. The minimum absolute atomic E-state index is 0. The minimum atomic E-state index is -4.16. The molecule has 1 saturated heterocycles. The van der Waals surface area contributed by atoms with Crippen LogP contribution in [0.2, 0.25) is 0 Å². The third-order valence-electron chi connectivity index (χ3n) is 4.44. The molecule has 6 nitrogen and oxygen atoms in total. The summed E-state index contributed by atoms with van der Waals surface area (Å²) in [7, 11) is 0. The minimum Gasteiger partial charge on any atom is -0.357 e. The van der Waals surface area contributed by atoms with Crippen LogP contribution in [-0.2, 0) is 6.54 Å². The fraction of sp³-hybridized carbons (Fsp3) is 0.474. The number of alkyl halides is 3. The van der Waals surface area contributed by atoms with Gasteiger partial charge in [0, 0.05) is 37.4 Å². The van der Waals surface area contributed by atoms with Crippen LogP contribution >= 0.6 is 24.0 Å². The second-order valence-corrected chi connectivity index (χ2v) is 6.80. The Kier molecular flexibility index (Phi) is 8.75. The van der Waals surface area contributed by atoms with Crippen molar-refractivity contribution in [3.05, 3.63) is 48.3 Å². The van der Waals surface area contributed by atoms with E-state index >= 15 is 0 Å². The zero-order valence-corrected chi connectivity index (χ0v) is 18.5. The monoisotopic (exact) mass is 522 g/mol. The average Bonchev–Trinajstić information content (AvgIpc) is 3.29. The highest BCUT2D eigenvalue weighted by Gasteiger charge is 2.34. The summed E-state index contributed by atoms with van der Waals surface area (Å²) in [4.78, 5) is 5.98. The highest BCUT2D eigenvalue weighted by atomic mass is 127. The molecule has 3 rings (SSSR count). The second kappa shape index (κ2) is 10.8. The summed E-state index contributed by atoms with van der Waals surface area (Å²) in [5, 5.41) is 10.7. The van der Waals surface area contributed by atoms with Gasteiger partial charge in [-0.3, -0.25) is 4.90 Å². The molecule has 1 fully saturated rings. The van der Waals surface area contributed by atoms with Crippen molar-refractivity contribution in [2.45, 2.75) is 32.1 Å². The topological polar surface area (TPSA) is 57.5 Å². The number of hydrogen-bond acceptors (Lipinski definition) is 3. The Balaban J connectivity index is 0.00000300. The summed E-state index contributed by atoms with van der Waals surface area (Å²) in [6.45, 7) is 2.98. The Morgan fingerprint density at radius 2 is 2.03 bits per heavy atom. The summed E-state index contributed by atoms with van der Waals surface area (Å²) < 4.78 is 39.4. The third-order valence-corrected chi connectivity index (χ3v) is 4.44. The number of halogens is 4. The summed E-state index contributed by atoms with van der Waals surface area (Å²) in [5.74, 6) is 0.605. The zero-order valence-electron chi connectivity index (χ0n) is 16.2. The van der Waals surface area contributed by atoms with E-state index in [-0.39, 0.29) is 30.0 Å². The number of nitrogens with zero attached hydrogens (tertiary/aromatic N) is 4. The first-order chi connectivity index (χ1) is 13.4. The number of guanidine groups is 1. The summed E-state index contributed by atoms with van der Waals surface area (Å²) in [6.07, 6.45) is 0.183. The lowest BCUT2D eigenvalue weighted by Gasteiger charge is -2.19. The van der Waals surface area contributed by atoms with E-state index in [9.17, 15) is 13.2 Å². The molecule has 0 saturated carbocycles. The number of aromatic nitrogens is 2. The predicted octanol–water partition coefficient (Wildman–Crippen LogP) is 3.18. The molecule has 1 aromatic heterocycles. The molecule has 0 aliphatic carbocycles. The molecule has 0 bridgehead atoms. The molecule has 1 aliphatic rings. The Labute approximate surface area is 185 Å². The molecule has 0 amide bonds. The Hall–Kier alpha value is -1.82. The number of benzene rings is 1. The van der Waals surface area contributed by atoms with Crippen LogP contribution < -0.4 is 10.6 Å². The van der Waals surface area contributed by atoms with Crippen LogP contribution in [0.15, 0.2) is 47.7 Å². The van der Waals surface area contributed by atoms with Crippen molar-refractivity contribution in [3.63, 3.8) is 0 Å². The molecule has 2 N–H and O–H groups in total. The first-order valence-electron chi connectivity index (χ1n) is 9.36. The van der Waals surface area contributed by atoms with Crippen molar-refractivity contribution in [1.82, 2.24) is 25.3 Å². The van der Waals surface area contributed by atoms with Crippen LogP contribution in [0.3, 0.4) is 0 Å². The van der Waals surface area contributed by atoms with E-state index in [1.54, 1.807) is 10.9 Å². The quantitative estimate of drug-likeness (QED) is 0.348. The molecule has 1 unspecified atom stereocenters. The van der Waals surface area contributed by atoms with Crippen LogP contribution in [-0.4, -0.2) is 59.0 Å². The van der Waals surface area contributed by atoms with Gasteiger partial charge in [0.1, 0.15) is 0 Å². The molecular formula is C19H26F3IN6. The zero-order chi connectivity index (χ0) is 20.0. The van der Waals surface area contributed by atoms with Gasteiger partial charge >= 0.3 is 6.18 Å². The van der Waals surface area contributed by atoms with Crippen LogP contribution in [0, 0.1) is 0 Å². The lowest BCUT2D eigenvalue weighted by atomic mass is 10.3. The third kappa shape index (κ3) is 7.50. The van der Waals surface area contributed by atoms with Crippen molar-refractivity contribution in [2.75, 3.05) is 26.2 Å². The molecule has 160 valence electrons. The van der Waals surface area contributed by atoms with Gasteiger partial charge in [-0.05, 0) is 25.5 Å². The van der Waals surface area contributed by atoms with Gasteiger partial charge in [0.05, 0.1) is 25.0 Å². The van der Waals surface area contributed by atoms with Gasteiger partial charge in [-0.25, -0.2) is 9.67 Å². The van der Waals surface area contributed by atoms with Crippen molar-refractivity contribution < 1.29 is 13.2 Å². The molecular weight excluding hydrogens is 496 g/mol. The van der Waals surface area contributed by atoms with Crippen LogP contribution in [0.25, 0.3) is 5.69 Å². The van der Waals surface area contributed by atoms with Crippen LogP contribution in [0.5, 0.6) is 0 Å². The van der Waals surface area contributed by atoms with E-state index in [1.807, 2.05) is 43.5 Å². The fourth-order valence-electron chi connectivity index (χ4n) is 3.20. The van der Waals surface area contributed by atoms with Gasteiger partial charge in [0.15, 0.2) is 5.96 Å². The summed E-state index contributed by atoms with van der Waals surface area (Å²) in [5.41, 5.74) is 1.92. The first-order valence-corrected chi connectivity index (χ1v) is 9.36. The number of hydrogen-bond donors (Lipinski definition) is 2. The molecule has 2 aromatic rings. The van der Waals surface area contributed by atoms with E-state index in [2.05, 4.69) is 20.7 Å². The second-order valence-electron chi connectivity index (χ2n) is 6.80. The molecule has 0 radical (unpaired) electrons. The van der Waals surface area contributed by atoms with Gasteiger partial charge in [-0.2, -0.15) is 18.3 Å². The van der Waals surface area contributed by atoms with Crippen molar-refractivity contribution in [3.8, 4) is 5.69 Å². The van der Waals surface area contributed by atoms with Gasteiger partial charge in [-0.15, -0.1) is 24.0 Å². The van der Waals surface area contributed by atoms with Gasteiger partial charge in [-0.1, -0.05) is 18.2 Å². The first kappa shape index (κ1) is 23.5. The van der Waals surface area contributed by atoms with Crippen molar-refractivity contribution in [2.24, 2.45) is 4.99 Å². The molecule has 2 heterocycles. The Morgan fingerprint density at radius 3 is 2.72 bits per heavy atom. The lowest BCUT2D eigenvalue weighted by molar-refractivity contribution is -0.143. The molecule has 1 aliphatic heterocycles. The largest absolute Gasteiger partial charge is 0.401 e. The maximum absolute atomic E-state index is 12.5. The number of nitrogens with one attached hydrogen (secondary N) is 2. The van der Waals surface area contributed by atoms with Crippen LogP contribution in [0.1, 0.15) is 18.9 Å². The predicted molar refractivity (Wildman–Crippen MR) is 118 cm³/mol. The number of para-hydroxylation sites is 1. The van der Waals surface area contributed by atoms with E-state index in [0.717, 1.165) is 11.3 Å². The molecule has 1 aromatic carbocycles. The van der Waals surface area contributed by atoms with Crippen molar-refractivity contribution >= 4 is 29.9 Å². The summed E-state index contributed by atoms with van der Waals surface area (Å²) in [6, 6.07) is 9.74. The van der Waals surface area contributed by atoms with E-state index in [1.165, 1.54) is 4.90 Å². The maximum atomic E-state index is 12.5. The van der Waals surface area contributed by atoms with Crippen LogP contribution in [0.4, 0.5) is 13.2 Å². The molecule has 0 spiro atoms.